The predicted octanol–water partition coefficient (Wildman–Crippen LogP) is 4.84. The van der Waals surface area contributed by atoms with Crippen molar-refractivity contribution in [1.82, 2.24) is 0 Å². The molecule has 0 radical (unpaired) electrons. The summed E-state index contributed by atoms with van der Waals surface area (Å²) in [6, 6.07) is 7.56. The zero-order valence-electron chi connectivity index (χ0n) is 11.7. The molecule has 0 aromatic heterocycles. The quantitative estimate of drug-likeness (QED) is 0.601. The standard InChI is InChI=1S/C11H13NO.2C2H6/c1-3-11(13-4-2)9-7-5-6-8-10(9)12;2*1-2/h3-8H,2,12H2,1H3;2*1-2H3/b11-3-;;. The van der Waals surface area contributed by atoms with Gasteiger partial charge in [-0.3, -0.25) is 0 Å². The maximum Gasteiger partial charge on any atom is 0.131 e. The highest BCUT2D eigenvalue weighted by molar-refractivity contribution is 5.70. The van der Waals surface area contributed by atoms with Crippen LogP contribution in [0.2, 0.25) is 0 Å². The minimum atomic E-state index is 0.706. The first-order valence-corrected chi connectivity index (χ1v) is 6.08. The van der Waals surface area contributed by atoms with Gasteiger partial charge in [0.15, 0.2) is 0 Å². The molecule has 0 bridgehead atoms. The fraction of sp³-hybridized carbons (Fsp3) is 0.333. The third-order valence-electron chi connectivity index (χ3n) is 1.70. The largest absolute Gasteiger partial charge is 0.465 e. The van der Waals surface area contributed by atoms with E-state index in [0.29, 0.717) is 5.69 Å². The highest BCUT2D eigenvalue weighted by Gasteiger charge is 2.03. The van der Waals surface area contributed by atoms with Gasteiger partial charge in [-0.1, -0.05) is 46.4 Å². The molecule has 0 aliphatic heterocycles. The molecule has 1 aromatic rings. The van der Waals surface area contributed by atoms with Crippen LogP contribution in [0.25, 0.3) is 5.76 Å². The number of allylic oxidation sites excluding steroid dienone is 1. The number of benzene rings is 1. The van der Waals surface area contributed by atoms with E-state index >= 15 is 0 Å². The van der Waals surface area contributed by atoms with E-state index < -0.39 is 0 Å². The lowest BCUT2D eigenvalue weighted by atomic mass is 10.1. The number of rotatable bonds is 3. The normalized spacial score (nSPS) is 9.12. The Bertz CT molecular complexity index is 329. The molecule has 96 valence electrons. The number of anilines is 1. The summed E-state index contributed by atoms with van der Waals surface area (Å²) in [6.07, 6.45) is 3.25. The van der Waals surface area contributed by atoms with Crippen LogP contribution < -0.4 is 5.73 Å². The van der Waals surface area contributed by atoms with Crippen molar-refractivity contribution in [1.29, 1.82) is 0 Å². The van der Waals surface area contributed by atoms with Crippen LogP contribution in [0.1, 0.15) is 40.2 Å². The van der Waals surface area contributed by atoms with Gasteiger partial charge in [0, 0.05) is 11.3 Å². The van der Waals surface area contributed by atoms with E-state index in [1.165, 1.54) is 6.26 Å². The van der Waals surface area contributed by atoms with E-state index in [0.717, 1.165) is 11.3 Å². The van der Waals surface area contributed by atoms with Crippen LogP contribution in [0, 0.1) is 0 Å². The number of ether oxygens (including phenoxy) is 1. The van der Waals surface area contributed by atoms with Crippen LogP contribution in [0.15, 0.2) is 43.2 Å². The number of hydrogen-bond acceptors (Lipinski definition) is 2. The Hall–Kier alpha value is -1.70. The molecule has 0 amide bonds. The van der Waals surface area contributed by atoms with Crippen molar-refractivity contribution < 1.29 is 4.74 Å². The third-order valence-corrected chi connectivity index (χ3v) is 1.70. The molecule has 2 nitrogen and oxygen atoms in total. The number of nitrogen functional groups attached to an aromatic ring is 1. The van der Waals surface area contributed by atoms with Gasteiger partial charge in [0.05, 0.1) is 6.26 Å². The first-order chi connectivity index (χ1) is 8.29. The fourth-order valence-corrected chi connectivity index (χ4v) is 1.10. The monoisotopic (exact) mass is 235 g/mol. The summed E-state index contributed by atoms with van der Waals surface area (Å²) in [5.74, 6) is 0.730. The first kappa shape index (κ1) is 17.7. The van der Waals surface area contributed by atoms with E-state index in [4.69, 9.17) is 10.5 Å². The summed E-state index contributed by atoms with van der Waals surface area (Å²) in [4.78, 5) is 0. The molecular formula is C15H25NO. The van der Waals surface area contributed by atoms with Crippen molar-refractivity contribution in [2.45, 2.75) is 34.6 Å². The van der Waals surface area contributed by atoms with Gasteiger partial charge in [-0.25, -0.2) is 0 Å². The molecule has 0 atom stereocenters. The number of nitrogens with two attached hydrogens (primary N) is 1. The average Bonchev–Trinajstić information content (AvgIpc) is 2.42. The molecule has 0 aliphatic carbocycles. The molecule has 0 heterocycles. The molecule has 0 saturated heterocycles. The molecule has 1 aromatic carbocycles. The Morgan fingerprint density at radius 3 is 2.12 bits per heavy atom. The maximum absolute atomic E-state index is 5.77. The second kappa shape index (κ2) is 12.4. The van der Waals surface area contributed by atoms with Gasteiger partial charge in [0.1, 0.15) is 5.76 Å². The van der Waals surface area contributed by atoms with Crippen LogP contribution in [-0.4, -0.2) is 0 Å². The number of para-hydroxylation sites is 1. The van der Waals surface area contributed by atoms with E-state index in [1.807, 2.05) is 65.0 Å². The zero-order chi connectivity index (χ0) is 13.7. The van der Waals surface area contributed by atoms with Crippen molar-refractivity contribution >= 4 is 11.4 Å². The fourth-order valence-electron chi connectivity index (χ4n) is 1.10. The maximum atomic E-state index is 5.77. The Morgan fingerprint density at radius 2 is 1.71 bits per heavy atom. The molecule has 1 rings (SSSR count). The molecular weight excluding hydrogens is 210 g/mol. The van der Waals surface area contributed by atoms with Crippen LogP contribution in [0.5, 0.6) is 0 Å². The van der Waals surface area contributed by atoms with Gasteiger partial charge < -0.3 is 10.5 Å². The molecule has 2 heteroatoms. The number of hydrogen-bond donors (Lipinski definition) is 1. The van der Waals surface area contributed by atoms with Crippen LogP contribution in [0.4, 0.5) is 5.69 Å². The molecule has 0 fully saturated rings. The van der Waals surface area contributed by atoms with Crippen molar-refractivity contribution in [2.24, 2.45) is 0 Å². The summed E-state index contributed by atoms with van der Waals surface area (Å²) in [7, 11) is 0. The average molecular weight is 235 g/mol. The van der Waals surface area contributed by atoms with E-state index in [9.17, 15) is 0 Å². The Labute approximate surface area is 106 Å². The second-order valence-corrected chi connectivity index (χ2v) is 2.52. The SMILES string of the molecule is C=CO/C(=C\C)c1ccccc1N.CC.CC. The van der Waals surface area contributed by atoms with Crippen LogP contribution >= 0.6 is 0 Å². The highest BCUT2D eigenvalue weighted by atomic mass is 16.5. The van der Waals surface area contributed by atoms with E-state index in [2.05, 4.69) is 6.58 Å². The third kappa shape index (κ3) is 6.46. The second-order valence-electron chi connectivity index (χ2n) is 2.52. The van der Waals surface area contributed by atoms with Gasteiger partial charge >= 0.3 is 0 Å². The molecule has 0 aliphatic rings. The molecule has 17 heavy (non-hydrogen) atoms. The Balaban J connectivity index is 0. The van der Waals surface area contributed by atoms with Gasteiger partial charge in [0.2, 0.25) is 0 Å². The van der Waals surface area contributed by atoms with E-state index in [1.54, 1.807) is 0 Å². The van der Waals surface area contributed by atoms with Gasteiger partial charge in [0.25, 0.3) is 0 Å². The van der Waals surface area contributed by atoms with Gasteiger partial charge in [-0.15, -0.1) is 0 Å². The summed E-state index contributed by atoms with van der Waals surface area (Å²) in [6.45, 7) is 13.4. The van der Waals surface area contributed by atoms with Gasteiger partial charge in [-0.2, -0.15) is 0 Å². The Morgan fingerprint density at radius 1 is 1.18 bits per heavy atom. The minimum Gasteiger partial charge on any atom is -0.465 e. The topological polar surface area (TPSA) is 35.2 Å². The van der Waals surface area contributed by atoms with Gasteiger partial charge in [-0.05, 0) is 25.1 Å². The predicted molar refractivity (Wildman–Crippen MR) is 78.5 cm³/mol. The first-order valence-electron chi connectivity index (χ1n) is 6.08. The minimum absolute atomic E-state index is 0.706. The Kier molecular flexibility index (Phi) is 12.9. The molecule has 2 N–H and O–H groups in total. The van der Waals surface area contributed by atoms with Crippen molar-refractivity contribution in [2.75, 3.05) is 5.73 Å². The highest BCUT2D eigenvalue weighted by Crippen LogP contribution is 2.21. The van der Waals surface area contributed by atoms with E-state index in [-0.39, 0.29) is 0 Å². The van der Waals surface area contributed by atoms with Crippen LogP contribution in [-0.2, 0) is 4.74 Å². The smallest absolute Gasteiger partial charge is 0.131 e. The summed E-state index contributed by atoms with van der Waals surface area (Å²) < 4.78 is 5.20. The molecule has 0 spiro atoms. The lowest BCUT2D eigenvalue weighted by molar-refractivity contribution is 0.438. The summed E-state index contributed by atoms with van der Waals surface area (Å²) >= 11 is 0. The lowest BCUT2D eigenvalue weighted by Gasteiger charge is -2.07. The van der Waals surface area contributed by atoms with Crippen molar-refractivity contribution in [3.8, 4) is 0 Å². The molecule has 0 unspecified atom stereocenters. The summed E-state index contributed by atoms with van der Waals surface area (Å²) in [5, 5.41) is 0. The lowest BCUT2D eigenvalue weighted by Crippen LogP contribution is -1.93. The summed E-state index contributed by atoms with van der Waals surface area (Å²) in [5.41, 5.74) is 7.37. The van der Waals surface area contributed by atoms with Crippen molar-refractivity contribution in [3.63, 3.8) is 0 Å². The van der Waals surface area contributed by atoms with Crippen molar-refractivity contribution in [3.05, 3.63) is 48.7 Å². The zero-order valence-corrected chi connectivity index (χ0v) is 11.7. The van der Waals surface area contributed by atoms with Crippen LogP contribution in [0.3, 0.4) is 0 Å². The molecule has 0 saturated carbocycles.